The third-order valence-electron chi connectivity index (χ3n) is 3.07. The van der Waals surface area contributed by atoms with E-state index in [2.05, 4.69) is 10.2 Å². The maximum atomic E-state index is 11.9. The lowest BCUT2D eigenvalue weighted by Gasteiger charge is -2.16. The third kappa shape index (κ3) is 6.46. The molecule has 0 heterocycles. The molecule has 1 rings (SSSR count). The van der Waals surface area contributed by atoms with Gasteiger partial charge in [0.05, 0.1) is 25.1 Å². The number of nitrogens with zero attached hydrogens (tertiary/aromatic N) is 1. The van der Waals surface area contributed by atoms with Crippen LogP contribution in [0.4, 0.5) is 11.4 Å². The second-order valence-electron chi connectivity index (χ2n) is 4.75. The zero-order chi connectivity index (χ0) is 15.7. The van der Waals surface area contributed by atoms with Crippen molar-refractivity contribution >= 4 is 17.3 Å². The van der Waals surface area contributed by atoms with E-state index in [9.17, 15) is 4.79 Å². The molecule has 6 nitrogen and oxygen atoms in total. The highest BCUT2D eigenvalue weighted by atomic mass is 16.5. The van der Waals surface area contributed by atoms with Crippen molar-refractivity contribution in [2.45, 2.75) is 13.3 Å². The van der Waals surface area contributed by atoms with Crippen molar-refractivity contribution in [2.75, 3.05) is 51.5 Å². The number of ether oxygens (including phenoxy) is 2. The molecule has 21 heavy (non-hydrogen) atoms. The summed E-state index contributed by atoms with van der Waals surface area (Å²) in [5.74, 6) is 0.608. The number of nitrogen functional groups attached to an aromatic ring is 1. The van der Waals surface area contributed by atoms with Crippen molar-refractivity contribution in [3.05, 3.63) is 18.2 Å². The fourth-order valence-electron chi connectivity index (χ4n) is 1.76. The molecule has 118 valence electrons. The number of methoxy groups -OCH3 is 1. The molecule has 0 radical (unpaired) electrons. The molecule has 0 saturated heterocycles. The van der Waals surface area contributed by atoms with Crippen molar-refractivity contribution in [2.24, 2.45) is 0 Å². The molecule has 1 aromatic rings. The third-order valence-corrected chi connectivity index (χ3v) is 3.07. The summed E-state index contributed by atoms with van der Waals surface area (Å²) in [4.78, 5) is 14.0. The number of carbonyl (C=O) groups is 1. The number of anilines is 2. The average molecular weight is 295 g/mol. The smallest absolute Gasteiger partial charge is 0.225 e. The quantitative estimate of drug-likeness (QED) is 0.534. The first-order chi connectivity index (χ1) is 10.1. The van der Waals surface area contributed by atoms with Crippen molar-refractivity contribution in [3.63, 3.8) is 0 Å². The number of nitrogens with one attached hydrogen (secondary N) is 1. The second-order valence-corrected chi connectivity index (χ2v) is 4.75. The molecule has 0 aliphatic rings. The maximum Gasteiger partial charge on any atom is 0.225 e. The molecule has 0 atom stereocenters. The number of hydrogen-bond donors (Lipinski definition) is 2. The Morgan fingerprint density at radius 3 is 2.76 bits per heavy atom. The minimum Gasteiger partial charge on any atom is -0.497 e. The average Bonchev–Trinajstić information content (AvgIpc) is 2.47. The van der Waals surface area contributed by atoms with Gasteiger partial charge in [0.15, 0.2) is 0 Å². The van der Waals surface area contributed by atoms with Crippen molar-refractivity contribution in [3.8, 4) is 5.75 Å². The second kappa shape index (κ2) is 9.20. The Kier molecular flexibility index (Phi) is 7.56. The van der Waals surface area contributed by atoms with E-state index in [-0.39, 0.29) is 5.91 Å². The van der Waals surface area contributed by atoms with Gasteiger partial charge >= 0.3 is 0 Å². The zero-order valence-corrected chi connectivity index (χ0v) is 13.0. The number of likely N-dealkylation sites (N-methyl/N-ethyl adjacent to an activating group) is 1. The maximum absolute atomic E-state index is 11.9. The summed E-state index contributed by atoms with van der Waals surface area (Å²) in [6.45, 7) is 4.85. The molecule has 0 aromatic heterocycles. The van der Waals surface area contributed by atoms with Crippen LogP contribution in [0.1, 0.15) is 13.3 Å². The minimum atomic E-state index is -0.0601. The van der Waals surface area contributed by atoms with Gasteiger partial charge in [0.2, 0.25) is 5.91 Å². The Hall–Kier alpha value is -1.79. The summed E-state index contributed by atoms with van der Waals surface area (Å²) in [5.41, 5.74) is 6.96. The molecule has 0 saturated carbocycles. The van der Waals surface area contributed by atoms with E-state index in [0.29, 0.717) is 43.3 Å². The largest absolute Gasteiger partial charge is 0.497 e. The summed E-state index contributed by atoms with van der Waals surface area (Å²) in [5, 5.41) is 2.81. The summed E-state index contributed by atoms with van der Waals surface area (Å²) in [6, 6.07) is 5.19. The van der Waals surface area contributed by atoms with E-state index in [4.69, 9.17) is 15.2 Å². The normalized spacial score (nSPS) is 10.7. The molecule has 0 bridgehead atoms. The van der Waals surface area contributed by atoms with E-state index >= 15 is 0 Å². The van der Waals surface area contributed by atoms with Crippen LogP contribution in [0.15, 0.2) is 18.2 Å². The van der Waals surface area contributed by atoms with Crippen LogP contribution in [-0.2, 0) is 9.53 Å². The van der Waals surface area contributed by atoms with Gasteiger partial charge < -0.3 is 25.4 Å². The molecule has 1 aromatic carbocycles. The van der Waals surface area contributed by atoms with Crippen LogP contribution in [0.25, 0.3) is 0 Å². The number of carbonyl (C=O) groups excluding carboxylic acids is 1. The SMILES string of the molecule is CCOCCN(C)CCC(=O)Nc1ccc(OC)cc1N. The monoisotopic (exact) mass is 295 g/mol. The summed E-state index contributed by atoms with van der Waals surface area (Å²) >= 11 is 0. The molecule has 0 fully saturated rings. The lowest BCUT2D eigenvalue weighted by Crippen LogP contribution is -2.27. The number of nitrogens with two attached hydrogens (primary N) is 1. The van der Waals surface area contributed by atoms with Crippen LogP contribution in [0.2, 0.25) is 0 Å². The van der Waals surface area contributed by atoms with Crippen molar-refractivity contribution in [1.82, 2.24) is 4.90 Å². The summed E-state index contributed by atoms with van der Waals surface area (Å²) < 4.78 is 10.3. The minimum absolute atomic E-state index is 0.0601. The predicted octanol–water partition coefficient (Wildman–Crippen LogP) is 1.57. The number of amides is 1. The molecule has 0 aliphatic carbocycles. The predicted molar refractivity (Wildman–Crippen MR) is 84.6 cm³/mol. The van der Waals surface area contributed by atoms with Crippen molar-refractivity contribution in [1.29, 1.82) is 0 Å². The molecule has 0 aliphatic heterocycles. The van der Waals surface area contributed by atoms with E-state index in [1.165, 1.54) is 0 Å². The van der Waals surface area contributed by atoms with Gasteiger partial charge in [0.1, 0.15) is 5.75 Å². The van der Waals surface area contributed by atoms with Gasteiger partial charge in [-0.15, -0.1) is 0 Å². The van der Waals surface area contributed by atoms with Gasteiger partial charge in [0.25, 0.3) is 0 Å². The van der Waals surface area contributed by atoms with Gasteiger partial charge in [-0.1, -0.05) is 0 Å². The lowest BCUT2D eigenvalue weighted by molar-refractivity contribution is -0.116. The van der Waals surface area contributed by atoms with Crippen LogP contribution in [0.3, 0.4) is 0 Å². The summed E-state index contributed by atoms with van der Waals surface area (Å²) in [7, 11) is 3.54. The Morgan fingerprint density at radius 1 is 1.38 bits per heavy atom. The Morgan fingerprint density at radius 2 is 2.14 bits per heavy atom. The Bertz CT molecular complexity index is 452. The van der Waals surface area contributed by atoms with Crippen molar-refractivity contribution < 1.29 is 14.3 Å². The number of hydrogen-bond acceptors (Lipinski definition) is 5. The van der Waals surface area contributed by atoms with Crippen LogP contribution < -0.4 is 15.8 Å². The molecule has 6 heteroatoms. The van der Waals surface area contributed by atoms with Gasteiger partial charge in [-0.05, 0) is 26.1 Å². The van der Waals surface area contributed by atoms with Gasteiger partial charge in [0, 0.05) is 32.2 Å². The van der Waals surface area contributed by atoms with E-state index in [1.807, 2.05) is 14.0 Å². The Balaban J connectivity index is 2.36. The van der Waals surface area contributed by atoms with E-state index < -0.39 is 0 Å². The highest BCUT2D eigenvalue weighted by Gasteiger charge is 2.08. The first-order valence-corrected chi connectivity index (χ1v) is 7.06. The molecular formula is C15H25N3O3. The standard InChI is InChI=1S/C15H25N3O3/c1-4-21-10-9-18(2)8-7-15(19)17-14-6-5-12(20-3)11-13(14)16/h5-6,11H,4,7-10,16H2,1-3H3,(H,17,19). The highest BCUT2D eigenvalue weighted by Crippen LogP contribution is 2.24. The first-order valence-electron chi connectivity index (χ1n) is 7.06. The van der Waals surface area contributed by atoms with E-state index in [0.717, 1.165) is 6.54 Å². The fourth-order valence-corrected chi connectivity index (χ4v) is 1.76. The van der Waals surface area contributed by atoms with Crippen LogP contribution in [-0.4, -0.2) is 51.3 Å². The molecule has 3 N–H and O–H groups in total. The van der Waals surface area contributed by atoms with Gasteiger partial charge in [-0.2, -0.15) is 0 Å². The molecule has 0 spiro atoms. The topological polar surface area (TPSA) is 76.8 Å². The number of benzene rings is 1. The fraction of sp³-hybridized carbons (Fsp3) is 0.533. The molecular weight excluding hydrogens is 270 g/mol. The van der Waals surface area contributed by atoms with Gasteiger partial charge in [-0.25, -0.2) is 0 Å². The number of rotatable bonds is 9. The first kappa shape index (κ1) is 17.3. The van der Waals surface area contributed by atoms with Crippen LogP contribution >= 0.6 is 0 Å². The van der Waals surface area contributed by atoms with Crippen LogP contribution in [0.5, 0.6) is 5.75 Å². The highest BCUT2D eigenvalue weighted by molar-refractivity contribution is 5.94. The lowest BCUT2D eigenvalue weighted by atomic mass is 10.2. The summed E-state index contributed by atoms with van der Waals surface area (Å²) in [6.07, 6.45) is 0.411. The van der Waals surface area contributed by atoms with Gasteiger partial charge in [-0.3, -0.25) is 4.79 Å². The Labute approximate surface area is 126 Å². The van der Waals surface area contributed by atoms with E-state index in [1.54, 1.807) is 25.3 Å². The zero-order valence-electron chi connectivity index (χ0n) is 13.0. The molecule has 1 amide bonds. The molecule has 0 unspecified atom stereocenters. The van der Waals surface area contributed by atoms with Crippen LogP contribution in [0, 0.1) is 0 Å².